The number of rotatable bonds is 3. The van der Waals surface area contributed by atoms with Crippen molar-refractivity contribution in [3.8, 4) is 0 Å². The van der Waals surface area contributed by atoms with Crippen LogP contribution in [0.5, 0.6) is 0 Å². The van der Waals surface area contributed by atoms with E-state index in [1.165, 1.54) is 17.3 Å². The summed E-state index contributed by atoms with van der Waals surface area (Å²) in [6.45, 7) is 0.342. The molecule has 0 aromatic carbocycles. The number of H-pyrrole nitrogens is 1. The lowest BCUT2D eigenvalue weighted by atomic mass is 10.2. The zero-order valence-corrected chi connectivity index (χ0v) is 9.46. The molecule has 2 amide bonds. The standard InChI is InChI=1S/C12H10N4O2/c17-11-9-1-3-13-6-10(9)12(18)16(11)4-2-8-5-14-7-15-8/h1,3,5-7H,2,4H2,(H,14,15). The average Bonchev–Trinajstić information content (AvgIpc) is 2.98. The van der Waals surface area contributed by atoms with Crippen LogP contribution in [0.25, 0.3) is 0 Å². The van der Waals surface area contributed by atoms with E-state index >= 15 is 0 Å². The molecule has 0 atom stereocenters. The van der Waals surface area contributed by atoms with Gasteiger partial charge in [0.25, 0.3) is 11.8 Å². The highest BCUT2D eigenvalue weighted by molar-refractivity contribution is 6.21. The quantitative estimate of drug-likeness (QED) is 0.801. The summed E-state index contributed by atoms with van der Waals surface area (Å²) < 4.78 is 0. The highest BCUT2D eigenvalue weighted by Crippen LogP contribution is 2.21. The number of fused-ring (bicyclic) bond motifs is 1. The molecule has 0 aliphatic carbocycles. The van der Waals surface area contributed by atoms with Crippen LogP contribution < -0.4 is 0 Å². The zero-order chi connectivity index (χ0) is 12.5. The number of imide groups is 1. The van der Waals surface area contributed by atoms with Gasteiger partial charge in [-0.2, -0.15) is 0 Å². The molecule has 1 aliphatic rings. The fourth-order valence-electron chi connectivity index (χ4n) is 1.99. The topological polar surface area (TPSA) is 79.0 Å². The maximum absolute atomic E-state index is 12.0. The number of carbonyl (C=O) groups excluding carboxylic acids is 2. The minimum absolute atomic E-state index is 0.253. The molecular weight excluding hydrogens is 232 g/mol. The molecule has 0 saturated carbocycles. The first kappa shape index (κ1) is 10.6. The van der Waals surface area contributed by atoms with Crippen molar-refractivity contribution in [2.75, 3.05) is 6.54 Å². The lowest BCUT2D eigenvalue weighted by molar-refractivity contribution is 0.0656. The van der Waals surface area contributed by atoms with Crippen LogP contribution in [0.1, 0.15) is 26.4 Å². The van der Waals surface area contributed by atoms with Crippen molar-refractivity contribution < 1.29 is 9.59 Å². The Morgan fingerprint density at radius 1 is 1.11 bits per heavy atom. The van der Waals surface area contributed by atoms with Gasteiger partial charge in [0, 0.05) is 37.3 Å². The largest absolute Gasteiger partial charge is 0.348 e. The van der Waals surface area contributed by atoms with Crippen LogP contribution in [0.4, 0.5) is 0 Å². The molecule has 0 fully saturated rings. The number of hydrogen-bond donors (Lipinski definition) is 1. The molecule has 2 aromatic rings. The molecule has 0 saturated heterocycles. The summed E-state index contributed by atoms with van der Waals surface area (Å²) in [6.07, 6.45) is 6.77. The van der Waals surface area contributed by atoms with Crippen molar-refractivity contribution >= 4 is 11.8 Å². The second-order valence-electron chi connectivity index (χ2n) is 4.01. The van der Waals surface area contributed by atoms with Gasteiger partial charge in [-0.3, -0.25) is 19.5 Å². The number of aromatic amines is 1. The number of imidazole rings is 1. The number of pyridine rings is 1. The van der Waals surface area contributed by atoms with Gasteiger partial charge in [-0.25, -0.2) is 4.98 Å². The van der Waals surface area contributed by atoms with Gasteiger partial charge in [0.05, 0.1) is 17.5 Å². The highest BCUT2D eigenvalue weighted by Gasteiger charge is 2.35. The molecule has 90 valence electrons. The number of nitrogens with zero attached hydrogens (tertiary/aromatic N) is 3. The smallest absolute Gasteiger partial charge is 0.263 e. The van der Waals surface area contributed by atoms with Crippen LogP contribution in [0.2, 0.25) is 0 Å². The fourth-order valence-corrected chi connectivity index (χ4v) is 1.99. The number of amides is 2. The summed E-state index contributed by atoms with van der Waals surface area (Å²) in [5.74, 6) is -0.528. The summed E-state index contributed by atoms with van der Waals surface area (Å²) in [6, 6.07) is 1.58. The van der Waals surface area contributed by atoms with Crippen molar-refractivity contribution in [3.63, 3.8) is 0 Å². The molecule has 3 rings (SSSR count). The molecule has 0 unspecified atom stereocenters. The second kappa shape index (κ2) is 4.06. The molecule has 6 nitrogen and oxygen atoms in total. The Morgan fingerprint density at radius 3 is 2.67 bits per heavy atom. The number of hydrogen-bond acceptors (Lipinski definition) is 4. The minimum atomic E-state index is -0.275. The second-order valence-corrected chi connectivity index (χ2v) is 4.01. The van der Waals surface area contributed by atoms with E-state index in [0.29, 0.717) is 24.1 Å². The van der Waals surface area contributed by atoms with Gasteiger partial charge in [0.1, 0.15) is 0 Å². The Kier molecular flexibility index (Phi) is 2.40. The van der Waals surface area contributed by atoms with Gasteiger partial charge in [0.15, 0.2) is 0 Å². The van der Waals surface area contributed by atoms with Crippen LogP contribution >= 0.6 is 0 Å². The molecule has 3 heterocycles. The van der Waals surface area contributed by atoms with Gasteiger partial charge in [-0.15, -0.1) is 0 Å². The molecule has 1 aliphatic heterocycles. The third kappa shape index (κ3) is 1.58. The number of carbonyl (C=O) groups is 2. The van der Waals surface area contributed by atoms with Crippen LogP contribution in [0.15, 0.2) is 31.0 Å². The van der Waals surface area contributed by atoms with Gasteiger partial charge in [-0.1, -0.05) is 0 Å². The van der Waals surface area contributed by atoms with Crippen LogP contribution in [0.3, 0.4) is 0 Å². The van der Waals surface area contributed by atoms with Crippen LogP contribution in [-0.4, -0.2) is 38.2 Å². The first-order valence-corrected chi connectivity index (χ1v) is 5.55. The third-order valence-electron chi connectivity index (χ3n) is 2.93. The monoisotopic (exact) mass is 242 g/mol. The van der Waals surface area contributed by atoms with Gasteiger partial charge in [0.2, 0.25) is 0 Å². The first-order valence-electron chi connectivity index (χ1n) is 5.55. The minimum Gasteiger partial charge on any atom is -0.348 e. The van der Waals surface area contributed by atoms with E-state index in [0.717, 1.165) is 5.69 Å². The number of aromatic nitrogens is 3. The van der Waals surface area contributed by atoms with Gasteiger partial charge < -0.3 is 4.98 Å². The van der Waals surface area contributed by atoms with Crippen LogP contribution in [-0.2, 0) is 6.42 Å². The lowest BCUT2D eigenvalue weighted by Gasteiger charge is -2.12. The Hall–Kier alpha value is -2.50. The summed E-state index contributed by atoms with van der Waals surface area (Å²) in [5.41, 5.74) is 1.71. The molecular formula is C12H10N4O2. The Balaban J connectivity index is 1.80. The maximum atomic E-state index is 12.0. The number of nitrogens with one attached hydrogen (secondary N) is 1. The molecule has 0 radical (unpaired) electrons. The molecule has 0 bridgehead atoms. The van der Waals surface area contributed by atoms with E-state index in [9.17, 15) is 9.59 Å². The van der Waals surface area contributed by atoms with Crippen molar-refractivity contribution in [2.45, 2.75) is 6.42 Å². The lowest BCUT2D eigenvalue weighted by Crippen LogP contribution is -2.31. The maximum Gasteiger partial charge on any atom is 0.263 e. The van der Waals surface area contributed by atoms with E-state index < -0.39 is 0 Å². The van der Waals surface area contributed by atoms with Gasteiger partial charge in [-0.05, 0) is 6.07 Å². The highest BCUT2D eigenvalue weighted by atomic mass is 16.2. The van der Waals surface area contributed by atoms with E-state index in [1.807, 2.05) is 0 Å². The predicted molar refractivity (Wildman–Crippen MR) is 61.9 cm³/mol. The van der Waals surface area contributed by atoms with Crippen LogP contribution in [0, 0.1) is 0 Å². The summed E-state index contributed by atoms with van der Waals surface area (Å²) in [7, 11) is 0. The zero-order valence-electron chi connectivity index (χ0n) is 9.46. The Morgan fingerprint density at radius 2 is 1.94 bits per heavy atom. The molecule has 6 heteroatoms. The Labute approximate surface area is 103 Å². The molecule has 0 spiro atoms. The van der Waals surface area contributed by atoms with E-state index in [-0.39, 0.29) is 11.8 Å². The van der Waals surface area contributed by atoms with Crippen molar-refractivity contribution in [3.05, 3.63) is 47.8 Å². The Bertz CT molecular complexity index is 571. The SMILES string of the molecule is O=C1c2ccncc2C(=O)N1CCc1cnc[nH]1. The predicted octanol–water partition coefficient (Wildman–Crippen LogP) is 0.643. The molecule has 18 heavy (non-hydrogen) atoms. The average molecular weight is 242 g/mol. The third-order valence-corrected chi connectivity index (χ3v) is 2.93. The summed E-state index contributed by atoms with van der Waals surface area (Å²) >= 11 is 0. The van der Waals surface area contributed by atoms with Crippen molar-refractivity contribution in [2.24, 2.45) is 0 Å². The normalized spacial score (nSPS) is 14.1. The van der Waals surface area contributed by atoms with Crippen molar-refractivity contribution in [1.29, 1.82) is 0 Å². The van der Waals surface area contributed by atoms with E-state index in [2.05, 4.69) is 15.0 Å². The first-order chi connectivity index (χ1) is 8.77. The van der Waals surface area contributed by atoms with Gasteiger partial charge >= 0.3 is 0 Å². The molecule has 1 N–H and O–H groups in total. The molecule has 2 aromatic heterocycles. The van der Waals surface area contributed by atoms with E-state index in [4.69, 9.17) is 0 Å². The fraction of sp³-hybridized carbons (Fsp3) is 0.167. The summed E-state index contributed by atoms with van der Waals surface area (Å²) in [5, 5.41) is 0. The summed E-state index contributed by atoms with van der Waals surface area (Å²) in [4.78, 5) is 36.0. The van der Waals surface area contributed by atoms with Crippen molar-refractivity contribution in [1.82, 2.24) is 19.9 Å². The van der Waals surface area contributed by atoms with E-state index in [1.54, 1.807) is 18.6 Å².